The molecule has 84 valence electrons. The first-order chi connectivity index (χ1) is 7.75. The van der Waals surface area contributed by atoms with Crippen molar-refractivity contribution in [2.75, 3.05) is 0 Å². The van der Waals surface area contributed by atoms with E-state index in [2.05, 4.69) is 49.9 Å². The van der Waals surface area contributed by atoms with Crippen LogP contribution in [0.4, 0.5) is 0 Å². The van der Waals surface area contributed by atoms with Gasteiger partial charge in [0, 0.05) is 6.54 Å². The third-order valence-electron chi connectivity index (χ3n) is 3.13. The Kier molecular flexibility index (Phi) is 2.64. The van der Waals surface area contributed by atoms with Gasteiger partial charge in [-0.3, -0.25) is 0 Å². The molecule has 3 heterocycles. The average Bonchev–Trinajstić information content (AvgIpc) is 2.86. The minimum Gasteiger partial charge on any atom is -0.326 e. The van der Waals surface area contributed by atoms with Crippen LogP contribution in [0.25, 0.3) is 10.7 Å². The van der Waals surface area contributed by atoms with Crippen molar-refractivity contribution in [1.29, 1.82) is 0 Å². The summed E-state index contributed by atoms with van der Waals surface area (Å²) < 4.78 is 3.41. The fraction of sp³-hybridized carbons (Fsp3) is 0.417. The second-order valence-corrected chi connectivity index (χ2v) is 6.10. The topological polar surface area (TPSA) is 17.8 Å². The van der Waals surface area contributed by atoms with Crippen LogP contribution < -0.4 is 0 Å². The SMILES string of the molecule is CC1CCc2c(Br)nc(-c3cccs3)n2C1. The summed E-state index contributed by atoms with van der Waals surface area (Å²) in [6, 6.07) is 4.23. The Morgan fingerprint density at radius 3 is 3.19 bits per heavy atom. The van der Waals surface area contributed by atoms with Crippen LogP contribution in [0.3, 0.4) is 0 Å². The van der Waals surface area contributed by atoms with Gasteiger partial charge in [0.2, 0.25) is 0 Å². The summed E-state index contributed by atoms with van der Waals surface area (Å²) in [4.78, 5) is 5.92. The molecule has 2 aromatic heterocycles. The first kappa shape index (κ1) is 10.5. The molecule has 0 N–H and O–H groups in total. The first-order valence-corrected chi connectivity index (χ1v) is 7.21. The Morgan fingerprint density at radius 1 is 1.56 bits per heavy atom. The van der Waals surface area contributed by atoms with Gasteiger partial charge in [0.05, 0.1) is 10.6 Å². The predicted octanol–water partition coefficient (Wildman–Crippen LogP) is 3.96. The maximum atomic E-state index is 4.66. The molecule has 1 atom stereocenters. The Labute approximate surface area is 107 Å². The van der Waals surface area contributed by atoms with E-state index < -0.39 is 0 Å². The molecule has 0 fully saturated rings. The van der Waals surface area contributed by atoms with Crippen LogP contribution in [0.1, 0.15) is 19.0 Å². The van der Waals surface area contributed by atoms with Crippen molar-refractivity contribution in [2.24, 2.45) is 5.92 Å². The summed E-state index contributed by atoms with van der Waals surface area (Å²) in [6.07, 6.45) is 2.41. The highest BCUT2D eigenvalue weighted by Crippen LogP contribution is 2.33. The van der Waals surface area contributed by atoms with E-state index in [0.29, 0.717) is 0 Å². The van der Waals surface area contributed by atoms with Gasteiger partial charge in [-0.15, -0.1) is 11.3 Å². The molecule has 16 heavy (non-hydrogen) atoms. The summed E-state index contributed by atoms with van der Waals surface area (Å²) >= 11 is 5.34. The van der Waals surface area contributed by atoms with E-state index in [1.54, 1.807) is 11.3 Å². The molecule has 0 bridgehead atoms. The lowest BCUT2D eigenvalue weighted by Crippen LogP contribution is -2.18. The number of thiophene rings is 1. The molecule has 2 nitrogen and oxygen atoms in total. The van der Waals surface area contributed by atoms with Crippen LogP contribution in [0, 0.1) is 5.92 Å². The van der Waals surface area contributed by atoms with Crippen molar-refractivity contribution in [3.63, 3.8) is 0 Å². The monoisotopic (exact) mass is 296 g/mol. The molecule has 0 amide bonds. The zero-order valence-electron chi connectivity index (χ0n) is 9.11. The molecule has 0 radical (unpaired) electrons. The molecule has 3 rings (SSSR count). The van der Waals surface area contributed by atoms with Crippen molar-refractivity contribution in [2.45, 2.75) is 26.3 Å². The second-order valence-electron chi connectivity index (χ2n) is 4.40. The highest BCUT2D eigenvalue weighted by molar-refractivity contribution is 9.10. The summed E-state index contributed by atoms with van der Waals surface area (Å²) in [5, 5.41) is 2.11. The molecule has 0 saturated carbocycles. The van der Waals surface area contributed by atoms with Crippen molar-refractivity contribution in [1.82, 2.24) is 9.55 Å². The standard InChI is InChI=1S/C12H13BrN2S/c1-8-4-5-9-11(13)14-12(15(9)7-8)10-3-2-6-16-10/h2-3,6,8H,4-5,7H2,1H3. The molecule has 1 aliphatic heterocycles. The van der Waals surface area contributed by atoms with Gasteiger partial charge in [0.25, 0.3) is 0 Å². The molecule has 4 heteroatoms. The third kappa shape index (κ3) is 1.64. The lowest BCUT2D eigenvalue weighted by molar-refractivity contribution is 0.401. The van der Waals surface area contributed by atoms with Crippen LogP contribution >= 0.6 is 27.3 Å². The number of aromatic nitrogens is 2. The average molecular weight is 297 g/mol. The summed E-state index contributed by atoms with van der Waals surface area (Å²) in [5.41, 5.74) is 1.36. The van der Waals surface area contributed by atoms with E-state index in [-0.39, 0.29) is 0 Å². The minimum absolute atomic E-state index is 0.757. The van der Waals surface area contributed by atoms with E-state index in [1.807, 2.05) is 0 Å². The van der Waals surface area contributed by atoms with Gasteiger partial charge in [-0.25, -0.2) is 4.98 Å². The Bertz CT molecular complexity index is 501. The molecule has 0 spiro atoms. The van der Waals surface area contributed by atoms with Gasteiger partial charge in [-0.2, -0.15) is 0 Å². The van der Waals surface area contributed by atoms with Gasteiger partial charge < -0.3 is 4.57 Å². The number of hydrogen-bond acceptors (Lipinski definition) is 2. The lowest BCUT2D eigenvalue weighted by atomic mass is 10.0. The van der Waals surface area contributed by atoms with E-state index >= 15 is 0 Å². The van der Waals surface area contributed by atoms with Gasteiger partial charge in [0.1, 0.15) is 4.60 Å². The Balaban J connectivity index is 2.13. The van der Waals surface area contributed by atoms with Gasteiger partial charge in [-0.05, 0) is 46.1 Å². The quantitative estimate of drug-likeness (QED) is 0.779. The molecule has 0 aromatic carbocycles. The lowest BCUT2D eigenvalue weighted by Gasteiger charge is -2.22. The number of rotatable bonds is 1. The van der Waals surface area contributed by atoms with Gasteiger partial charge in [-0.1, -0.05) is 13.0 Å². The number of halogens is 1. The van der Waals surface area contributed by atoms with E-state index in [0.717, 1.165) is 29.3 Å². The van der Waals surface area contributed by atoms with Crippen molar-refractivity contribution in [3.8, 4) is 10.7 Å². The Morgan fingerprint density at radius 2 is 2.44 bits per heavy atom. The smallest absolute Gasteiger partial charge is 0.151 e. The van der Waals surface area contributed by atoms with Crippen LogP contribution in [-0.2, 0) is 13.0 Å². The fourth-order valence-corrected chi connectivity index (χ4v) is 3.57. The fourth-order valence-electron chi connectivity index (χ4n) is 2.27. The largest absolute Gasteiger partial charge is 0.326 e. The van der Waals surface area contributed by atoms with Gasteiger partial charge >= 0.3 is 0 Å². The molecule has 2 aromatic rings. The van der Waals surface area contributed by atoms with E-state index in [9.17, 15) is 0 Å². The van der Waals surface area contributed by atoms with Gasteiger partial charge in [0.15, 0.2) is 5.82 Å². The summed E-state index contributed by atoms with van der Waals surface area (Å²) in [6.45, 7) is 3.41. The summed E-state index contributed by atoms with van der Waals surface area (Å²) in [7, 11) is 0. The molecule has 1 unspecified atom stereocenters. The first-order valence-electron chi connectivity index (χ1n) is 5.54. The van der Waals surface area contributed by atoms with Crippen molar-refractivity contribution >= 4 is 27.3 Å². The van der Waals surface area contributed by atoms with Crippen LogP contribution in [-0.4, -0.2) is 9.55 Å². The summed E-state index contributed by atoms with van der Waals surface area (Å²) in [5.74, 6) is 1.88. The van der Waals surface area contributed by atoms with Crippen molar-refractivity contribution < 1.29 is 0 Å². The minimum atomic E-state index is 0.757. The Hall–Kier alpha value is -0.610. The molecular weight excluding hydrogens is 284 g/mol. The van der Waals surface area contributed by atoms with Crippen LogP contribution in [0.2, 0.25) is 0 Å². The number of hydrogen-bond donors (Lipinski definition) is 0. The molecule has 1 aliphatic rings. The highest BCUT2D eigenvalue weighted by atomic mass is 79.9. The normalized spacial score (nSPS) is 19.8. The maximum Gasteiger partial charge on any atom is 0.151 e. The van der Waals surface area contributed by atoms with Crippen LogP contribution in [0.5, 0.6) is 0 Å². The van der Waals surface area contributed by atoms with E-state index in [1.165, 1.54) is 17.0 Å². The number of nitrogens with zero attached hydrogens (tertiary/aromatic N) is 2. The number of fused-ring (bicyclic) bond motifs is 1. The molecular formula is C12H13BrN2S. The number of imidazole rings is 1. The molecule has 0 saturated heterocycles. The zero-order valence-corrected chi connectivity index (χ0v) is 11.5. The zero-order chi connectivity index (χ0) is 11.1. The van der Waals surface area contributed by atoms with Crippen molar-refractivity contribution in [3.05, 3.63) is 27.8 Å². The maximum absolute atomic E-state index is 4.66. The highest BCUT2D eigenvalue weighted by Gasteiger charge is 2.22. The molecule has 0 aliphatic carbocycles. The van der Waals surface area contributed by atoms with E-state index in [4.69, 9.17) is 0 Å². The third-order valence-corrected chi connectivity index (χ3v) is 4.63. The van der Waals surface area contributed by atoms with Crippen LogP contribution in [0.15, 0.2) is 22.1 Å². The predicted molar refractivity (Wildman–Crippen MR) is 70.7 cm³/mol. The second kappa shape index (κ2) is 4.00.